The summed E-state index contributed by atoms with van der Waals surface area (Å²) in [6.07, 6.45) is 5.43. The van der Waals surface area contributed by atoms with Gasteiger partial charge in [-0.05, 0) is 45.7 Å². The lowest BCUT2D eigenvalue weighted by molar-refractivity contribution is 0.0500. The summed E-state index contributed by atoms with van der Waals surface area (Å²) in [6.45, 7) is 7.37. The number of hydrogen-bond acceptors (Lipinski definition) is 4. The van der Waals surface area contributed by atoms with E-state index in [-0.39, 0.29) is 12.1 Å². The first-order chi connectivity index (χ1) is 10.9. The number of rotatable bonds is 2. The molecule has 2 aromatic rings. The van der Waals surface area contributed by atoms with Gasteiger partial charge in [-0.1, -0.05) is 0 Å². The van der Waals surface area contributed by atoms with E-state index < -0.39 is 5.60 Å². The molecule has 1 saturated heterocycles. The highest BCUT2D eigenvalue weighted by Crippen LogP contribution is 2.23. The number of nitrogens with zero attached hydrogens (tertiary/aromatic N) is 2. The molecule has 23 heavy (non-hydrogen) atoms. The fourth-order valence-corrected chi connectivity index (χ4v) is 2.90. The van der Waals surface area contributed by atoms with Crippen molar-refractivity contribution in [3.63, 3.8) is 0 Å². The molecule has 3 heterocycles. The monoisotopic (exact) mass is 316 g/mol. The Morgan fingerprint density at radius 3 is 3.09 bits per heavy atom. The van der Waals surface area contributed by atoms with E-state index in [9.17, 15) is 4.79 Å². The van der Waals surface area contributed by atoms with E-state index in [0.29, 0.717) is 0 Å². The minimum atomic E-state index is -0.471. The van der Waals surface area contributed by atoms with Crippen LogP contribution in [0.5, 0.6) is 0 Å². The Kier molecular flexibility index (Phi) is 4.15. The fraction of sp³-hybridized carbons (Fsp3) is 0.529. The van der Waals surface area contributed by atoms with E-state index in [0.717, 1.165) is 42.7 Å². The first-order valence-corrected chi connectivity index (χ1v) is 8.08. The molecule has 0 bridgehead atoms. The van der Waals surface area contributed by atoms with Crippen molar-refractivity contribution in [1.82, 2.24) is 15.3 Å². The number of H-pyrrole nitrogens is 1. The molecule has 1 aliphatic heterocycles. The molecule has 6 nitrogen and oxygen atoms in total. The summed E-state index contributed by atoms with van der Waals surface area (Å²) in [5, 5.41) is 4.08. The van der Waals surface area contributed by atoms with Crippen molar-refractivity contribution in [3.8, 4) is 0 Å². The van der Waals surface area contributed by atoms with Crippen molar-refractivity contribution < 1.29 is 9.53 Å². The van der Waals surface area contributed by atoms with Crippen LogP contribution in [0.15, 0.2) is 24.5 Å². The van der Waals surface area contributed by atoms with Crippen LogP contribution in [0.1, 0.15) is 33.6 Å². The SMILES string of the molecule is CC(C)(C)OC(=O)N[C@@H]1CCCN(c2cnc3[nH]ccc3c2)C1. The van der Waals surface area contributed by atoms with E-state index in [1.807, 2.05) is 39.2 Å². The number of aromatic amines is 1. The normalized spacial score (nSPS) is 18.9. The molecule has 0 aliphatic carbocycles. The number of carbonyl (C=O) groups is 1. The lowest BCUT2D eigenvalue weighted by Gasteiger charge is -2.34. The van der Waals surface area contributed by atoms with Crippen LogP contribution < -0.4 is 10.2 Å². The summed E-state index contributed by atoms with van der Waals surface area (Å²) in [6, 6.07) is 4.25. The number of pyridine rings is 1. The standard InChI is InChI=1S/C17H24N4O2/c1-17(2,3)23-16(22)20-13-5-4-8-21(11-13)14-9-12-6-7-18-15(12)19-10-14/h6-7,9-10,13H,4-5,8,11H2,1-3H3,(H,18,19)(H,20,22)/t13-/m1/s1. The Morgan fingerprint density at radius 1 is 1.48 bits per heavy atom. The molecule has 124 valence electrons. The van der Waals surface area contributed by atoms with Crippen LogP contribution >= 0.6 is 0 Å². The molecule has 0 unspecified atom stereocenters. The van der Waals surface area contributed by atoms with E-state index >= 15 is 0 Å². The molecular formula is C17H24N4O2. The number of carbonyl (C=O) groups excluding carboxylic acids is 1. The number of anilines is 1. The average Bonchev–Trinajstić information content (AvgIpc) is 2.92. The van der Waals surface area contributed by atoms with Gasteiger partial charge in [-0.3, -0.25) is 0 Å². The minimum absolute atomic E-state index is 0.0977. The molecule has 0 aromatic carbocycles. The largest absolute Gasteiger partial charge is 0.444 e. The number of alkyl carbamates (subject to hydrolysis) is 1. The second-order valence-electron chi connectivity index (χ2n) is 7.04. The number of hydrogen-bond donors (Lipinski definition) is 2. The fourth-order valence-electron chi connectivity index (χ4n) is 2.90. The Morgan fingerprint density at radius 2 is 2.30 bits per heavy atom. The molecule has 0 spiro atoms. The lowest BCUT2D eigenvalue weighted by atomic mass is 10.1. The van der Waals surface area contributed by atoms with Crippen molar-refractivity contribution in [2.75, 3.05) is 18.0 Å². The predicted octanol–water partition coefficient (Wildman–Crippen LogP) is 3.06. The minimum Gasteiger partial charge on any atom is -0.444 e. The maximum atomic E-state index is 11.9. The van der Waals surface area contributed by atoms with Gasteiger partial charge in [-0.25, -0.2) is 9.78 Å². The number of fused-ring (bicyclic) bond motifs is 1. The predicted molar refractivity (Wildman–Crippen MR) is 90.7 cm³/mol. The van der Waals surface area contributed by atoms with Crippen molar-refractivity contribution in [1.29, 1.82) is 0 Å². The van der Waals surface area contributed by atoms with Gasteiger partial charge in [-0.2, -0.15) is 0 Å². The van der Waals surface area contributed by atoms with Crippen LogP contribution in [0.2, 0.25) is 0 Å². The zero-order valence-corrected chi connectivity index (χ0v) is 13.9. The second-order valence-corrected chi connectivity index (χ2v) is 7.04. The molecule has 1 fully saturated rings. The van der Waals surface area contributed by atoms with Crippen LogP contribution in [0.3, 0.4) is 0 Å². The Labute approximate surface area is 136 Å². The van der Waals surface area contributed by atoms with Crippen molar-refractivity contribution in [2.45, 2.75) is 45.3 Å². The Balaban J connectivity index is 1.64. The molecule has 3 rings (SSSR count). The maximum Gasteiger partial charge on any atom is 0.407 e. The smallest absolute Gasteiger partial charge is 0.407 e. The lowest BCUT2D eigenvalue weighted by Crippen LogP contribution is -2.49. The van der Waals surface area contributed by atoms with Gasteiger partial charge >= 0.3 is 6.09 Å². The highest BCUT2D eigenvalue weighted by molar-refractivity contribution is 5.79. The third kappa shape index (κ3) is 3.94. The maximum absolute atomic E-state index is 11.9. The molecule has 2 N–H and O–H groups in total. The summed E-state index contributed by atoms with van der Waals surface area (Å²) in [7, 11) is 0. The number of nitrogens with one attached hydrogen (secondary N) is 2. The van der Waals surface area contributed by atoms with E-state index in [4.69, 9.17) is 4.74 Å². The van der Waals surface area contributed by atoms with E-state index in [1.165, 1.54) is 0 Å². The number of piperidine rings is 1. The third-order valence-electron chi connectivity index (χ3n) is 3.89. The van der Waals surface area contributed by atoms with Crippen LogP contribution in [-0.4, -0.2) is 40.8 Å². The zero-order valence-electron chi connectivity index (χ0n) is 13.9. The van der Waals surface area contributed by atoms with Crippen molar-refractivity contribution in [3.05, 3.63) is 24.5 Å². The van der Waals surface area contributed by atoms with Gasteiger partial charge in [0.05, 0.1) is 11.9 Å². The summed E-state index contributed by atoms with van der Waals surface area (Å²) in [5.41, 5.74) is 1.52. The average molecular weight is 316 g/mol. The number of amides is 1. The molecule has 6 heteroatoms. The topological polar surface area (TPSA) is 70.2 Å². The van der Waals surface area contributed by atoms with Gasteiger partial charge in [-0.15, -0.1) is 0 Å². The van der Waals surface area contributed by atoms with Gasteiger partial charge in [0, 0.05) is 30.7 Å². The molecule has 2 aromatic heterocycles. The van der Waals surface area contributed by atoms with Gasteiger partial charge in [0.2, 0.25) is 0 Å². The highest BCUT2D eigenvalue weighted by Gasteiger charge is 2.24. The zero-order chi connectivity index (χ0) is 16.4. The van der Waals surface area contributed by atoms with Crippen LogP contribution in [0, 0.1) is 0 Å². The Bertz CT molecular complexity index is 689. The third-order valence-corrected chi connectivity index (χ3v) is 3.89. The molecule has 1 amide bonds. The van der Waals surface area contributed by atoms with Crippen LogP contribution in [0.25, 0.3) is 11.0 Å². The van der Waals surface area contributed by atoms with Gasteiger partial charge in [0.1, 0.15) is 11.2 Å². The molecular weight excluding hydrogens is 292 g/mol. The van der Waals surface area contributed by atoms with Crippen LogP contribution in [-0.2, 0) is 4.74 Å². The summed E-state index contributed by atoms with van der Waals surface area (Å²) >= 11 is 0. The van der Waals surface area contributed by atoms with E-state index in [1.54, 1.807) is 0 Å². The van der Waals surface area contributed by atoms with Gasteiger partial charge in [0.25, 0.3) is 0 Å². The highest BCUT2D eigenvalue weighted by atomic mass is 16.6. The molecule has 0 radical (unpaired) electrons. The summed E-state index contributed by atoms with van der Waals surface area (Å²) < 4.78 is 5.34. The van der Waals surface area contributed by atoms with Gasteiger partial charge in [0.15, 0.2) is 0 Å². The molecule has 0 saturated carbocycles. The quantitative estimate of drug-likeness (QED) is 0.893. The second kappa shape index (κ2) is 6.10. The van der Waals surface area contributed by atoms with Crippen molar-refractivity contribution >= 4 is 22.8 Å². The van der Waals surface area contributed by atoms with Crippen molar-refractivity contribution in [2.24, 2.45) is 0 Å². The van der Waals surface area contributed by atoms with Crippen LogP contribution in [0.4, 0.5) is 10.5 Å². The van der Waals surface area contributed by atoms with Gasteiger partial charge < -0.3 is 19.9 Å². The summed E-state index contributed by atoms with van der Waals surface area (Å²) in [5.74, 6) is 0. The molecule has 1 atom stereocenters. The molecule has 1 aliphatic rings. The summed E-state index contributed by atoms with van der Waals surface area (Å²) in [4.78, 5) is 21.8. The number of aromatic nitrogens is 2. The number of ether oxygens (including phenoxy) is 1. The first kappa shape index (κ1) is 15.6. The first-order valence-electron chi connectivity index (χ1n) is 8.08. The Hall–Kier alpha value is -2.24. The van der Waals surface area contributed by atoms with E-state index in [2.05, 4.69) is 26.3 Å².